The van der Waals surface area contributed by atoms with Gasteiger partial charge in [-0.15, -0.1) is 11.3 Å². The van der Waals surface area contributed by atoms with Crippen LogP contribution >= 0.6 is 22.9 Å². The molecule has 0 aliphatic carbocycles. The number of fused-ring (bicyclic) bond motifs is 1. The predicted molar refractivity (Wildman–Crippen MR) is 118 cm³/mol. The van der Waals surface area contributed by atoms with E-state index in [0.717, 1.165) is 22.3 Å². The lowest BCUT2D eigenvalue weighted by atomic mass is 9.97. The van der Waals surface area contributed by atoms with Gasteiger partial charge in [0.25, 0.3) is 5.91 Å². The molecular formula is C22H15ClFNO5S2. The number of amides is 2. The normalized spacial score (nSPS) is 13.9. The molecule has 0 N–H and O–H groups in total. The van der Waals surface area contributed by atoms with E-state index >= 15 is 0 Å². The molecular weight excluding hydrogens is 477 g/mol. The van der Waals surface area contributed by atoms with E-state index in [2.05, 4.69) is 0 Å². The van der Waals surface area contributed by atoms with Gasteiger partial charge in [-0.2, -0.15) is 0 Å². The molecule has 0 fully saturated rings. The molecule has 2 aromatic carbocycles. The number of anilines is 1. The Kier molecular flexibility index (Phi) is 5.98. The number of hydrogen-bond acceptors (Lipinski definition) is 6. The van der Waals surface area contributed by atoms with E-state index in [1.807, 2.05) is 0 Å². The fourth-order valence-electron chi connectivity index (χ4n) is 3.48. The van der Waals surface area contributed by atoms with Gasteiger partial charge in [0.2, 0.25) is 5.91 Å². The Bertz CT molecular complexity index is 1350. The molecule has 3 aromatic rings. The quantitative estimate of drug-likeness (QED) is 0.488. The molecule has 1 aromatic heterocycles. The molecule has 2 heterocycles. The van der Waals surface area contributed by atoms with Crippen LogP contribution in [-0.4, -0.2) is 31.8 Å². The number of sulfone groups is 1. The van der Waals surface area contributed by atoms with E-state index in [9.17, 15) is 27.2 Å². The monoisotopic (exact) mass is 491 g/mol. The second-order valence-electron chi connectivity index (χ2n) is 7.20. The second-order valence-corrected chi connectivity index (χ2v) is 10.8. The SMILES string of the molecule is O=C(Cc1ccc(N2C(=O)Cc3cc(Cl)ccc3C2=O)c(F)c1)CS(=O)(=O)c1cccs1. The molecule has 10 heteroatoms. The lowest BCUT2D eigenvalue weighted by Crippen LogP contribution is -2.43. The Morgan fingerprint density at radius 3 is 2.59 bits per heavy atom. The molecule has 1 aliphatic rings. The summed E-state index contributed by atoms with van der Waals surface area (Å²) in [5.41, 5.74) is 0.731. The lowest BCUT2D eigenvalue weighted by Gasteiger charge is -2.27. The number of ketones is 1. The van der Waals surface area contributed by atoms with Crippen molar-refractivity contribution < 1.29 is 27.2 Å². The van der Waals surface area contributed by atoms with Crippen molar-refractivity contribution in [3.8, 4) is 0 Å². The molecule has 0 unspecified atom stereocenters. The van der Waals surface area contributed by atoms with Gasteiger partial charge in [-0.25, -0.2) is 17.7 Å². The molecule has 6 nitrogen and oxygen atoms in total. The Labute approximate surface area is 192 Å². The number of hydrogen-bond donors (Lipinski definition) is 0. The summed E-state index contributed by atoms with van der Waals surface area (Å²) in [5, 5.41) is 1.99. The summed E-state index contributed by atoms with van der Waals surface area (Å²) in [4.78, 5) is 38.4. The van der Waals surface area contributed by atoms with Crippen LogP contribution in [-0.2, 0) is 32.3 Å². The van der Waals surface area contributed by atoms with Gasteiger partial charge in [-0.3, -0.25) is 14.4 Å². The zero-order valence-corrected chi connectivity index (χ0v) is 18.8. The second kappa shape index (κ2) is 8.57. The standard InChI is InChI=1S/C22H15ClFNO5S2/c23-15-4-5-17-14(10-15)11-20(27)25(22(17)28)19-6-3-13(9-18(19)24)8-16(26)12-32(29,30)21-2-1-7-31-21/h1-7,9-10H,8,11-12H2. The van der Waals surface area contributed by atoms with Crippen LogP contribution in [0.5, 0.6) is 0 Å². The summed E-state index contributed by atoms with van der Waals surface area (Å²) in [6, 6.07) is 11.2. The first kappa shape index (κ1) is 22.3. The van der Waals surface area contributed by atoms with Crippen LogP contribution in [0, 0.1) is 5.82 Å². The van der Waals surface area contributed by atoms with Crippen molar-refractivity contribution in [2.45, 2.75) is 17.1 Å². The maximum Gasteiger partial charge on any atom is 0.265 e. The maximum atomic E-state index is 14.8. The molecule has 1 aliphatic heterocycles. The van der Waals surface area contributed by atoms with Crippen LogP contribution in [0.2, 0.25) is 5.02 Å². The number of carbonyl (C=O) groups is 3. The zero-order chi connectivity index (χ0) is 23.0. The van der Waals surface area contributed by atoms with E-state index in [0.29, 0.717) is 10.6 Å². The summed E-state index contributed by atoms with van der Waals surface area (Å²) in [6.45, 7) is 0. The summed E-state index contributed by atoms with van der Waals surface area (Å²) in [5.74, 6) is -3.43. The van der Waals surface area contributed by atoms with Crippen molar-refractivity contribution in [1.82, 2.24) is 0 Å². The van der Waals surface area contributed by atoms with Gasteiger partial charge in [0.15, 0.2) is 15.6 Å². The van der Waals surface area contributed by atoms with Crippen molar-refractivity contribution in [2.24, 2.45) is 0 Å². The zero-order valence-electron chi connectivity index (χ0n) is 16.4. The molecule has 0 spiro atoms. The van der Waals surface area contributed by atoms with Gasteiger partial charge >= 0.3 is 0 Å². The number of thiophene rings is 1. The van der Waals surface area contributed by atoms with Crippen LogP contribution in [0.1, 0.15) is 21.5 Å². The number of Topliss-reactive ketones (excluding diaryl/α,β-unsaturated/α-hetero) is 1. The highest BCUT2D eigenvalue weighted by Gasteiger charge is 2.34. The molecule has 0 bridgehead atoms. The first-order chi connectivity index (χ1) is 15.2. The highest BCUT2D eigenvalue weighted by molar-refractivity contribution is 7.94. The maximum absolute atomic E-state index is 14.8. The van der Waals surface area contributed by atoms with E-state index < -0.39 is 39.0 Å². The Morgan fingerprint density at radius 1 is 1.12 bits per heavy atom. The van der Waals surface area contributed by atoms with Crippen LogP contribution in [0.25, 0.3) is 0 Å². The minimum atomic E-state index is -3.75. The number of benzene rings is 2. The smallest absolute Gasteiger partial charge is 0.265 e. The van der Waals surface area contributed by atoms with Gasteiger partial charge in [-0.05, 0) is 52.9 Å². The van der Waals surface area contributed by atoms with Crippen molar-refractivity contribution in [2.75, 3.05) is 10.7 Å². The largest absolute Gasteiger partial charge is 0.298 e. The Balaban J connectivity index is 1.53. The average Bonchev–Trinajstić information content (AvgIpc) is 3.24. The summed E-state index contributed by atoms with van der Waals surface area (Å²) < 4.78 is 39.4. The number of halogens is 2. The van der Waals surface area contributed by atoms with Gasteiger partial charge < -0.3 is 0 Å². The van der Waals surface area contributed by atoms with Crippen molar-refractivity contribution in [1.29, 1.82) is 0 Å². The van der Waals surface area contributed by atoms with Crippen LogP contribution < -0.4 is 4.90 Å². The topological polar surface area (TPSA) is 88.6 Å². The molecule has 0 radical (unpaired) electrons. The van der Waals surface area contributed by atoms with Crippen LogP contribution in [0.3, 0.4) is 0 Å². The van der Waals surface area contributed by atoms with Gasteiger partial charge in [0, 0.05) is 17.0 Å². The van der Waals surface area contributed by atoms with Gasteiger partial charge in [0.1, 0.15) is 15.8 Å². The minimum Gasteiger partial charge on any atom is -0.298 e. The number of imide groups is 1. The first-order valence-corrected chi connectivity index (χ1v) is 12.3. The van der Waals surface area contributed by atoms with Gasteiger partial charge in [0.05, 0.1) is 12.1 Å². The highest BCUT2D eigenvalue weighted by atomic mass is 35.5. The van der Waals surface area contributed by atoms with E-state index in [1.54, 1.807) is 11.4 Å². The van der Waals surface area contributed by atoms with E-state index in [4.69, 9.17) is 11.6 Å². The van der Waals surface area contributed by atoms with Crippen molar-refractivity contribution in [3.05, 3.63) is 81.4 Å². The lowest BCUT2D eigenvalue weighted by molar-refractivity contribution is -0.118. The Morgan fingerprint density at radius 2 is 1.91 bits per heavy atom. The summed E-state index contributed by atoms with van der Waals surface area (Å²) >= 11 is 6.94. The van der Waals surface area contributed by atoms with Crippen LogP contribution in [0.15, 0.2) is 58.1 Å². The fourth-order valence-corrected chi connectivity index (χ4v) is 6.01. The summed E-state index contributed by atoms with van der Waals surface area (Å²) in [6.07, 6.45) is -0.410. The predicted octanol–water partition coefficient (Wildman–Crippen LogP) is 3.86. The van der Waals surface area contributed by atoms with E-state index in [1.165, 1.54) is 36.4 Å². The van der Waals surface area contributed by atoms with Crippen molar-refractivity contribution in [3.63, 3.8) is 0 Å². The molecule has 0 saturated carbocycles. The molecule has 4 rings (SSSR count). The average molecular weight is 492 g/mol. The first-order valence-electron chi connectivity index (χ1n) is 9.38. The molecule has 0 atom stereocenters. The number of carbonyl (C=O) groups excluding carboxylic acids is 3. The van der Waals surface area contributed by atoms with E-state index in [-0.39, 0.29) is 33.9 Å². The molecule has 2 amide bonds. The Hall–Kier alpha value is -2.88. The van der Waals surface area contributed by atoms with Gasteiger partial charge in [-0.1, -0.05) is 23.7 Å². The minimum absolute atomic E-state index is 0.0936. The molecule has 164 valence electrons. The number of rotatable bonds is 6. The highest BCUT2D eigenvalue weighted by Crippen LogP contribution is 2.30. The molecule has 0 saturated heterocycles. The molecule has 32 heavy (non-hydrogen) atoms. The third kappa shape index (κ3) is 4.36. The third-order valence-corrected chi connectivity index (χ3v) is 8.30. The third-order valence-electron chi connectivity index (χ3n) is 4.90. The van der Waals surface area contributed by atoms with Crippen LogP contribution in [0.4, 0.5) is 10.1 Å². The van der Waals surface area contributed by atoms with Crippen molar-refractivity contribution >= 4 is 56.1 Å². The fraction of sp³-hybridized carbons (Fsp3) is 0.136. The summed E-state index contributed by atoms with van der Waals surface area (Å²) in [7, 11) is -3.75. The number of nitrogens with zero attached hydrogens (tertiary/aromatic N) is 1.